The van der Waals surface area contributed by atoms with Crippen LogP contribution < -0.4 is 4.74 Å². The van der Waals surface area contributed by atoms with Crippen LogP contribution in [-0.4, -0.2) is 21.4 Å². The molecule has 0 aliphatic carbocycles. The minimum Gasteiger partial charge on any atom is -0.496 e. The van der Waals surface area contributed by atoms with E-state index in [2.05, 4.69) is 40.7 Å². The molecule has 3 nitrogen and oxygen atoms in total. The summed E-state index contributed by atoms with van der Waals surface area (Å²) in [4.78, 5) is 5.35. The number of imidazole rings is 1. The molecule has 1 unspecified atom stereocenters. The Kier molecular flexibility index (Phi) is 6.28. The first-order valence-corrected chi connectivity index (χ1v) is 9.80. The SMILES string of the molecule is COc1ccccc1SC(C)(CCc1ccc(Cl)cc1)Cn1ccnc1. The Bertz CT molecular complexity index is 820. The van der Waals surface area contributed by atoms with E-state index in [0.717, 1.165) is 35.1 Å². The molecular formula is C21H23ClN2OS. The van der Waals surface area contributed by atoms with Crippen LogP contribution in [0, 0.1) is 0 Å². The highest BCUT2D eigenvalue weighted by Gasteiger charge is 2.27. The van der Waals surface area contributed by atoms with E-state index in [9.17, 15) is 0 Å². The number of para-hydroxylation sites is 1. The number of benzene rings is 2. The van der Waals surface area contributed by atoms with Gasteiger partial charge in [0.15, 0.2) is 0 Å². The Morgan fingerprint density at radius 1 is 1.15 bits per heavy atom. The number of halogens is 1. The standard InChI is InChI=1S/C21H23ClN2OS/c1-21(15-24-14-13-23-16-24,12-11-17-7-9-18(22)10-8-17)26-20-6-4-3-5-19(20)25-2/h3-10,13-14,16H,11-12,15H2,1-2H3. The van der Waals surface area contributed by atoms with E-state index in [-0.39, 0.29) is 4.75 Å². The number of rotatable bonds is 8. The summed E-state index contributed by atoms with van der Waals surface area (Å²) in [7, 11) is 1.72. The molecule has 0 N–H and O–H groups in total. The first-order valence-electron chi connectivity index (χ1n) is 8.60. The van der Waals surface area contributed by atoms with Crippen LogP contribution in [0.1, 0.15) is 18.9 Å². The average molecular weight is 387 g/mol. The molecular weight excluding hydrogens is 364 g/mol. The van der Waals surface area contributed by atoms with Gasteiger partial charge in [0.2, 0.25) is 0 Å². The minimum absolute atomic E-state index is 0.00499. The summed E-state index contributed by atoms with van der Waals surface area (Å²) in [6.45, 7) is 3.18. The third-order valence-corrected chi connectivity index (χ3v) is 5.99. The van der Waals surface area contributed by atoms with Crippen LogP contribution in [-0.2, 0) is 13.0 Å². The van der Waals surface area contributed by atoms with Crippen molar-refractivity contribution in [3.63, 3.8) is 0 Å². The van der Waals surface area contributed by atoms with Crippen molar-refractivity contribution < 1.29 is 4.74 Å². The fourth-order valence-electron chi connectivity index (χ4n) is 2.96. The van der Waals surface area contributed by atoms with Gasteiger partial charge in [0.05, 0.1) is 13.4 Å². The number of ether oxygens (including phenoxy) is 1. The van der Waals surface area contributed by atoms with Crippen LogP contribution in [0.4, 0.5) is 0 Å². The largest absolute Gasteiger partial charge is 0.496 e. The number of hydrogen-bond donors (Lipinski definition) is 0. The Morgan fingerprint density at radius 2 is 1.92 bits per heavy atom. The number of aryl methyl sites for hydroxylation is 1. The maximum atomic E-state index is 6.01. The molecule has 2 aromatic carbocycles. The smallest absolute Gasteiger partial charge is 0.132 e. The molecule has 1 aromatic heterocycles. The van der Waals surface area contributed by atoms with Crippen molar-refractivity contribution in [2.45, 2.75) is 36.0 Å². The molecule has 5 heteroatoms. The summed E-state index contributed by atoms with van der Waals surface area (Å²) in [6.07, 6.45) is 7.74. The lowest BCUT2D eigenvalue weighted by molar-refractivity contribution is 0.404. The predicted octanol–water partition coefficient (Wildman–Crippen LogP) is 5.73. The lowest BCUT2D eigenvalue weighted by Crippen LogP contribution is -2.27. The first-order chi connectivity index (χ1) is 12.6. The van der Waals surface area contributed by atoms with Crippen molar-refractivity contribution in [2.75, 3.05) is 7.11 Å². The van der Waals surface area contributed by atoms with Crippen LogP contribution in [0.3, 0.4) is 0 Å². The molecule has 26 heavy (non-hydrogen) atoms. The van der Waals surface area contributed by atoms with Crippen LogP contribution in [0.2, 0.25) is 5.02 Å². The van der Waals surface area contributed by atoms with Crippen molar-refractivity contribution in [2.24, 2.45) is 0 Å². The second-order valence-corrected chi connectivity index (χ2v) is 8.63. The lowest BCUT2D eigenvalue weighted by atomic mass is 10.00. The van der Waals surface area contributed by atoms with Crippen LogP contribution >= 0.6 is 23.4 Å². The second kappa shape index (κ2) is 8.65. The van der Waals surface area contributed by atoms with Gasteiger partial charge >= 0.3 is 0 Å². The summed E-state index contributed by atoms with van der Waals surface area (Å²) >= 11 is 7.87. The molecule has 0 saturated carbocycles. The number of methoxy groups -OCH3 is 1. The van der Waals surface area contributed by atoms with E-state index >= 15 is 0 Å². The summed E-state index contributed by atoms with van der Waals surface area (Å²) in [5, 5.41) is 0.776. The average Bonchev–Trinajstić information content (AvgIpc) is 3.14. The van der Waals surface area contributed by atoms with Gasteiger partial charge in [0.1, 0.15) is 5.75 Å². The Morgan fingerprint density at radius 3 is 2.62 bits per heavy atom. The van der Waals surface area contributed by atoms with Crippen molar-refractivity contribution in [3.05, 3.63) is 77.8 Å². The molecule has 1 heterocycles. The van der Waals surface area contributed by atoms with Gasteiger partial charge in [-0.3, -0.25) is 0 Å². The fourth-order valence-corrected chi connectivity index (χ4v) is 4.43. The van der Waals surface area contributed by atoms with Gasteiger partial charge in [-0.25, -0.2) is 4.98 Å². The van der Waals surface area contributed by atoms with Crippen molar-refractivity contribution in [1.29, 1.82) is 0 Å². The van der Waals surface area contributed by atoms with Crippen molar-refractivity contribution >= 4 is 23.4 Å². The molecule has 136 valence electrons. The van der Waals surface area contributed by atoms with Crippen LogP contribution in [0.25, 0.3) is 0 Å². The van der Waals surface area contributed by atoms with Gasteiger partial charge in [-0.15, -0.1) is 11.8 Å². The lowest BCUT2D eigenvalue weighted by Gasteiger charge is -2.30. The summed E-state index contributed by atoms with van der Waals surface area (Å²) < 4.78 is 7.69. The Balaban J connectivity index is 1.80. The Labute approximate surface area is 164 Å². The summed E-state index contributed by atoms with van der Waals surface area (Å²) in [5.41, 5.74) is 1.30. The third kappa shape index (κ3) is 5.05. The monoisotopic (exact) mass is 386 g/mol. The molecule has 0 spiro atoms. The zero-order valence-electron chi connectivity index (χ0n) is 15.1. The van der Waals surface area contributed by atoms with Gasteiger partial charge in [-0.05, 0) is 49.6 Å². The van der Waals surface area contributed by atoms with Crippen molar-refractivity contribution in [1.82, 2.24) is 9.55 Å². The molecule has 0 fully saturated rings. The highest BCUT2D eigenvalue weighted by atomic mass is 35.5. The molecule has 0 bridgehead atoms. The molecule has 0 saturated heterocycles. The third-order valence-electron chi connectivity index (χ3n) is 4.36. The maximum Gasteiger partial charge on any atom is 0.132 e. The minimum atomic E-state index is -0.00499. The molecule has 1 atom stereocenters. The first kappa shape index (κ1) is 18.9. The molecule has 0 radical (unpaired) electrons. The van der Waals surface area contributed by atoms with E-state index in [1.54, 1.807) is 7.11 Å². The predicted molar refractivity (Wildman–Crippen MR) is 109 cm³/mol. The summed E-state index contributed by atoms with van der Waals surface area (Å²) in [6, 6.07) is 16.3. The van der Waals surface area contributed by atoms with Gasteiger partial charge in [-0.2, -0.15) is 0 Å². The van der Waals surface area contributed by atoms with E-state index in [0.29, 0.717) is 0 Å². The molecule has 3 rings (SSSR count). The van der Waals surface area contributed by atoms with E-state index in [1.807, 2.05) is 54.7 Å². The molecule has 0 aliphatic heterocycles. The number of thioether (sulfide) groups is 1. The van der Waals surface area contributed by atoms with Gasteiger partial charge in [0.25, 0.3) is 0 Å². The van der Waals surface area contributed by atoms with E-state index in [4.69, 9.17) is 16.3 Å². The second-order valence-electron chi connectivity index (χ2n) is 6.56. The molecule has 3 aromatic rings. The number of aromatic nitrogens is 2. The van der Waals surface area contributed by atoms with Crippen LogP contribution in [0.5, 0.6) is 5.75 Å². The topological polar surface area (TPSA) is 27.1 Å². The fraction of sp³-hybridized carbons (Fsp3) is 0.286. The quantitative estimate of drug-likeness (QED) is 0.462. The molecule has 0 aliphatic rings. The maximum absolute atomic E-state index is 6.01. The number of hydrogen-bond acceptors (Lipinski definition) is 3. The van der Waals surface area contributed by atoms with Crippen LogP contribution in [0.15, 0.2) is 72.1 Å². The van der Waals surface area contributed by atoms with Crippen molar-refractivity contribution in [3.8, 4) is 5.75 Å². The van der Waals surface area contributed by atoms with Gasteiger partial charge in [0, 0.05) is 33.6 Å². The van der Waals surface area contributed by atoms with Gasteiger partial charge in [-0.1, -0.05) is 35.9 Å². The molecule has 0 amide bonds. The number of nitrogens with zero attached hydrogens (tertiary/aromatic N) is 2. The van der Waals surface area contributed by atoms with E-state index in [1.165, 1.54) is 5.56 Å². The highest BCUT2D eigenvalue weighted by molar-refractivity contribution is 8.00. The highest BCUT2D eigenvalue weighted by Crippen LogP contribution is 2.41. The van der Waals surface area contributed by atoms with Gasteiger partial charge < -0.3 is 9.30 Å². The summed E-state index contributed by atoms with van der Waals surface area (Å²) in [5.74, 6) is 0.917. The van der Waals surface area contributed by atoms with E-state index < -0.39 is 0 Å². The normalized spacial score (nSPS) is 13.3. The zero-order valence-corrected chi connectivity index (χ0v) is 16.6. The Hall–Kier alpha value is -1.91. The zero-order chi connectivity index (χ0) is 18.4.